The minimum Gasteiger partial charge on any atom is -0.298 e. The lowest BCUT2D eigenvalue weighted by Gasteiger charge is -2.34. The van der Waals surface area contributed by atoms with Crippen molar-refractivity contribution < 1.29 is 13.2 Å². The molecular formula is C21H22ClN3O3S3. The predicted octanol–water partition coefficient (Wildman–Crippen LogP) is 5.73. The highest BCUT2D eigenvalue weighted by Crippen LogP contribution is 2.33. The summed E-state index contributed by atoms with van der Waals surface area (Å²) in [4.78, 5) is 18.2. The van der Waals surface area contributed by atoms with E-state index in [1.165, 1.54) is 34.8 Å². The number of thiophene rings is 1. The van der Waals surface area contributed by atoms with Crippen molar-refractivity contribution in [2.24, 2.45) is 0 Å². The van der Waals surface area contributed by atoms with E-state index in [2.05, 4.69) is 10.3 Å². The fourth-order valence-corrected chi connectivity index (χ4v) is 7.23. The molecule has 31 heavy (non-hydrogen) atoms. The Kier molecular flexibility index (Phi) is 6.78. The first-order valence-electron chi connectivity index (χ1n) is 10.0. The Morgan fingerprint density at radius 3 is 2.68 bits per heavy atom. The number of piperidine rings is 1. The topological polar surface area (TPSA) is 79.4 Å². The largest absolute Gasteiger partial charge is 0.298 e. The number of benzene rings is 1. The van der Waals surface area contributed by atoms with E-state index in [-0.39, 0.29) is 16.8 Å². The summed E-state index contributed by atoms with van der Waals surface area (Å²) in [6.45, 7) is 2.56. The second kappa shape index (κ2) is 9.38. The SMILES string of the molecule is CCC1CCCCN1S(=O)(=O)c1ccc(C(=O)Nc2nc(-c3ccc(Cl)s3)cs2)cc1. The van der Waals surface area contributed by atoms with E-state index in [1.807, 2.05) is 18.4 Å². The van der Waals surface area contributed by atoms with Gasteiger partial charge in [0.25, 0.3) is 5.91 Å². The molecule has 0 radical (unpaired) electrons. The number of carbonyl (C=O) groups is 1. The molecule has 1 N–H and O–H groups in total. The Hall–Kier alpha value is -1.78. The number of carbonyl (C=O) groups excluding carboxylic acids is 1. The molecule has 2 aromatic heterocycles. The van der Waals surface area contributed by atoms with Gasteiger partial charge in [0.2, 0.25) is 10.0 Å². The number of thiazole rings is 1. The van der Waals surface area contributed by atoms with E-state index in [0.29, 0.717) is 21.6 Å². The summed E-state index contributed by atoms with van der Waals surface area (Å²) in [7, 11) is -3.57. The van der Waals surface area contributed by atoms with Crippen molar-refractivity contribution in [2.45, 2.75) is 43.5 Å². The van der Waals surface area contributed by atoms with Gasteiger partial charge in [0.15, 0.2) is 5.13 Å². The summed E-state index contributed by atoms with van der Waals surface area (Å²) in [5.41, 5.74) is 1.13. The van der Waals surface area contributed by atoms with E-state index >= 15 is 0 Å². The molecule has 0 aliphatic carbocycles. The molecule has 6 nitrogen and oxygen atoms in total. The first-order chi connectivity index (χ1) is 14.9. The lowest BCUT2D eigenvalue weighted by Crippen LogP contribution is -2.43. The number of hydrogen-bond acceptors (Lipinski definition) is 6. The number of rotatable bonds is 6. The normalized spacial score (nSPS) is 17.5. The van der Waals surface area contributed by atoms with Gasteiger partial charge in [0.05, 0.1) is 19.8 Å². The molecule has 3 aromatic rings. The van der Waals surface area contributed by atoms with Crippen LogP contribution < -0.4 is 5.32 Å². The van der Waals surface area contributed by atoms with Gasteiger partial charge < -0.3 is 0 Å². The molecule has 4 rings (SSSR count). The van der Waals surface area contributed by atoms with Crippen molar-refractivity contribution in [1.29, 1.82) is 0 Å². The third-order valence-electron chi connectivity index (χ3n) is 5.32. The van der Waals surface area contributed by atoms with Crippen LogP contribution in [-0.4, -0.2) is 36.2 Å². The molecule has 1 aromatic carbocycles. The molecule has 3 heterocycles. The van der Waals surface area contributed by atoms with Crippen molar-refractivity contribution in [3.63, 3.8) is 0 Å². The van der Waals surface area contributed by atoms with Crippen molar-refractivity contribution in [3.05, 3.63) is 51.7 Å². The first-order valence-corrected chi connectivity index (χ1v) is 13.5. The summed E-state index contributed by atoms with van der Waals surface area (Å²) in [5, 5.41) is 5.10. The zero-order chi connectivity index (χ0) is 22.0. The van der Waals surface area contributed by atoms with Crippen molar-refractivity contribution in [1.82, 2.24) is 9.29 Å². The molecular weight excluding hydrogens is 474 g/mol. The van der Waals surface area contributed by atoms with Crippen LogP contribution >= 0.6 is 34.3 Å². The average Bonchev–Trinajstić information content (AvgIpc) is 3.42. The van der Waals surface area contributed by atoms with Crippen LogP contribution in [-0.2, 0) is 10.0 Å². The molecule has 1 atom stereocenters. The van der Waals surface area contributed by atoms with Crippen molar-refractivity contribution >= 4 is 55.3 Å². The first kappa shape index (κ1) is 22.4. The number of hydrogen-bond donors (Lipinski definition) is 1. The van der Waals surface area contributed by atoms with Crippen LogP contribution in [0.3, 0.4) is 0 Å². The molecule has 1 unspecified atom stereocenters. The minimum absolute atomic E-state index is 0.0408. The third kappa shape index (κ3) is 4.85. The smallest absolute Gasteiger partial charge is 0.257 e. The Balaban J connectivity index is 1.46. The number of sulfonamides is 1. The van der Waals surface area contributed by atoms with E-state index in [4.69, 9.17) is 11.6 Å². The highest BCUT2D eigenvalue weighted by molar-refractivity contribution is 7.89. The van der Waals surface area contributed by atoms with Crippen molar-refractivity contribution in [3.8, 4) is 10.6 Å². The highest BCUT2D eigenvalue weighted by Gasteiger charge is 2.32. The Morgan fingerprint density at radius 1 is 1.23 bits per heavy atom. The number of nitrogens with zero attached hydrogens (tertiary/aromatic N) is 2. The van der Waals surface area contributed by atoms with Crippen LogP contribution in [0.2, 0.25) is 4.34 Å². The number of anilines is 1. The van der Waals surface area contributed by atoms with E-state index in [1.54, 1.807) is 22.5 Å². The fraction of sp³-hybridized carbons (Fsp3) is 0.333. The van der Waals surface area contributed by atoms with Gasteiger partial charge in [-0.3, -0.25) is 10.1 Å². The summed E-state index contributed by atoms with van der Waals surface area (Å²) in [6.07, 6.45) is 3.63. The molecule has 0 saturated carbocycles. The van der Waals surface area contributed by atoms with E-state index in [0.717, 1.165) is 36.3 Å². The van der Waals surface area contributed by atoms with Crippen LogP contribution in [0.15, 0.2) is 46.7 Å². The molecule has 1 saturated heterocycles. The van der Waals surface area contributed by atoms with Crippen LogP contribution in [0.5, 0.6) is 0 Å². The zero-order valence-corrected chi connectivity index (χ0v) is 20.1. The number of nitrogens with one attached hydrogen (secondary N) is 1. The van der Waals surface area contributed by atoms with Gasteiger partial charge in [0.1, 0.15) is 0 Å². The Bertz CT molecular complexity index is 1170. The quantitative estimate of drug-likeness (QED) is 0.473. The summed E-state index contributed by atoms with van der Waals surface area (Å²) in [5.74, 6) is -0.335. The third-order valence-corrected chi connectivity index (χ3v) is 9.30. The fourth-order valence-electron chi connectivity index (χ4n) is 3.68. The van der Waals surface area contributed by atoms with Gasteiger partial charge >= 0.3 is 0 Å². The lowest BCUT2D eigenvalue weighted by molar-refractivity contribution is 0.102. The Labute approximate surface area is 194 Å². The van der Waals surface area contributed by atoms with Gasteiger partial charge in [-0.05, 0) is 55.7 Å². The van der Waals surface area contributed by atoms with Crippen LogP contribution in [0.1, 0.15) is 43.0 Å². The Morgan fingerprint density at radius 2 is 2.00 bits per heavy atom. The van der Waals surface area contributed by atoms with Crippen LogP contribution in [0, 0.1) is 0 Å². The predicted molar refractivity (Wildman–Crippen MR) is 127 cm³/mol. The summed E-state index contributed by atoms with van der Waals surface area (Å²) >= 11 is 8.72. The van der Waals surface area contributed by atoms with Gasteiger partial charge in [-0.15, -0.1) is 22.7 Å². The van der Waals surface area contributed by atoms with Gasteiger partial charge in [-0.2, -0.15) is 4.31 Å². The second-order valence-electron chi connectivity index (χ2n) is 7.29. The number of aromatic nitrogens is 1. The van der Waals surface area contributed by atoms with Gasteiger partial charge in [-0.1, -0.05) is 24.9 Å². The highest BCUT2D eigenvalue weighted by atomic mass is 35.5. The second-order valence-corrected chi connectivity index (χ2v) is 11.8. The lowest BCUT2D eigenvalue weighted by atomic mass is 10.0. The maximum absolute atomic E-state index is 13.1. The minimum atomic E-state index is -3.57. The molecule has 0 spiro atoms. The molecule has 10 heteroatoms. The maximum Gasteiger partial charge on any atom is 0.257 e. The molecule has 1 fully saturated rings. The summed E-state index contributed by atoms with van der Waals surface area (Å²) < 4.78 is 28.4. The molecule has 1 aliphatic rings. The van der Waals surface area contributed by atoms with Gasteiger partial charge in [-0.25, -0.2) is 13.4 Å². The summed E-state index contributed by atoms with van der Waals surface area (Å²) in [6, 6.07) is 9.83. The molecule has 1 amide bonds. The molecule has 0 bridgehead atoms. The molecule has 164 valence electrons. The van der Waals surface area contributed by atoms with E-state index in [9.17, 15) is 13.2 Å². The number of halogens is 1. The maximum atomic E-state index is 13.1. The van der Waals surface area contributed by atoms with Crippen LogP contribution in [0.4, 0.5) is 5.13 Å². The van der Waals surface area contributed by atoms with Crippen LogP contribution in [0.25, 0.3) is 10.6 Å². The van der Waals surface area contributed by atoms with E-state index < -0.39 is 10.0 Å². The average molecular weight is 496 g/mol. The zero-order valence-electron chi connectivity index (χ0n) is 16.9. The number of amides is 1. The monoisotopic (exact) mass is 495 g/mol. The van der Waals surface area contributed by atoms with Gasteiger partial charge in [0, 0.05) is 23.5 Å². The molecule has 1 aliphatic heterocycles. The van der Waals surface area contributed by atoms with Crippen molar-refractivity contribution in [2.75, 3.05) is 11.9 Å². The standard InChI is InChI=1S/C21H22ClN3O3S3/c1-2-15-5-3-4-12-25(15)31(27,28)16-8-6-14(7-9-16)20(26)24-21-23-17(13-29-21)18-10-11-19(22)30-18/h6-11,13,15H,2-5,12H2,1H3,(H,23,24,26).